The molecule has 2 rings (SSSR count). The van der Waals surface area contributed by atoms with Crippen LogP contribution in [0.3, 0.4) is 0 Å². The van der Waals surface area contributed by atoms with Crippen molar-refractivity contribution in [2.75, 3.05) is 0 Å². The molecule has 0 N–H and O–H groups in total. The first kappa shape index (κ1) is 14.2. The zero-order chi connectivity index (χ0) is 14.2. The number of benzene rings is 2. The average molecular weight is 305 g/mol. The van der Waals surface area contributed by atoms with E-state index in [0.29, 0.717) is 11.1 Å². The van der Waals surface area contributed by atoms with Crippen LogP contribution in [-0.4, -0.2) is 0 Å². The topological polar surface area (TPSA) is 0 Å². The number of rotatable bonds is 1. The summed E-state index contributed by atoms with van der Waals surface area (Å²) >= 11 is 11.7. The molecular weight excluding hydrogens is 296 g/mol. The predicted octanol–water partition coefficient (Wildman–Crippen LogP) is 5.99. The smallest absolute Gasteiger partial charge is 0.166 e. The molecule has 0 saturated carbocycles. The van der Waals surface area contributed by atoms with E-state index in [2.05, 4.69) is 0 Å². The maximum Gasteiger partial charge on any atom is 0.417 e. The van der Waals surface area contributed by atoms with Crippen LogP contribution in [0.5, 0.6) is 0 Å². The Bertz CT molecular complexity index is 598. The Morgan fingerprint density at radius 3 is 2.26 bits per heavy atom. The third kappa shape index (κ3) is 2.88. The van der Waals surface area contributed by atoms with Crippen LogP contribution in [-0.2, 0) is 6.18 Å². The number of hydrogen-bond donors (Lipinski definition) is 0. The van der Waals surface area contributed by atoms with Crippen molar-refractivity contribution in [3.05, 3.63) is 57.6 Å². The molecule has 0 bridgehead atoms. The highest BCUT2D eigenvalue weighted by Gasteiger charge is 2.34. The van der Waals surface area contributed by atoms with Crippen molar-refractivity contribution in [3.63, 3.8) is 0 Å². The van der Waals surface area contributed by atoms with Gasteiger partial charge in [0.25, 0.3) is 0 Å². The van der Waals surface area contributed by atoms with Crippen LogP contribution in [0.4, 0.5) is 13.2 Å². The van der Waals surface area contributed by atoms with E-state index in [9.17, 15) is 13.2 Å². The number of alkyl halides is 3. The molecule has 0 spiro atoms. The van der Waals surface area contributed by atoms with E-state index in [1.54, 1.807) is 25.1 Å². The van der Waals surface area contributed by atoms with Crippen molar-refractivity contribution in [1.29, 1.82) is 0 Å². The lowest BCUT2D eigenvalue weighted by atomic mass is 9.95. The minimum atomic E-state index is -4.48. The third-order valence-electron chi connectivity index (χ3n) is 2.78. The number of halogens is 5. The summed E-state index contributed by atoms with van der Waals surface area (Å²) in [7, 11) is 0. The Morgan fingerprint density at radius 1 is 1.00 bits per heavy atom. The molecule has 0 nitrogen and oxygen atoms in total. The van der Waals surface area contributed by atoms with Gasteiger partial charge in [-0.1, -0.05) is 41.4 Å². The first-order valence-electron chi connectivity index (χ1n) is 5.43. The molecular formula is C14H9Cl2F3. The van der Waals surface area contributed by atoms with Gasteiger partial charge >= 0.3 is 6.18 Å². The van der Waals surface area contributed by atoms with E-state index in [-0.39, 0.29) is 15.6 Å². The molecule has 0 aromatic heterocycles. The van der Waals surface area contributed by atoms with Gasteiger partial charge in [0, 0.05) is 15.6 Å². The second-order valence-corrected chi connectivity index (χ2v) is 4.96. The Hall–Kier alpha value is -1.19. The van der Waals surface area contributed by atoms with Crippen LogP contribution >= 0.6 is 23.2 Å². The summed E-state index contributed by atoms with van der Waals surface area (Å²) in [5, 5.41) is 0.327. The largest absolute Gasteiger partial charge is 0.417 e. The average Bonchev–Trinajstić information content (AvgIpc) is 2.29. The van der Waals surface area contributed by atoms with E-state index in [0.717, 1.165) is 6.07 Å². The summed E-state index contributed by atoms with van der Waals surface area (Å²) in [4.78, 5) is 0. The fourth-order valence-electron chi connectivity index (χ4n) is 1.94. The molecule has 19 heavy (non-hydrogen) atoms. The van der Waals surface area contributed by atoms with Crippen LogP contribution in [0.2, 0.25) is 10.0 Å². The van der Waals surface area contributed by atoms with Crippen molar-refractivity contribution in [2.45, 2.75) is 13.1 Å². The fraction of sp³-hybridized carbons (Fsp3) is 0.143. The molecule has 0 amide bonds. The van der Waals surface area contributed by atoms with E-state index in [1.807, 2.05) is 0 Å². The molecule has 2 aromatic carbocycles. The Kier molecular flexibility index (Phi) is 3.79. The highest BCUT2D eigenvalue weighted by atomic mass is 35.5. The van der Waals surface area contributed by atoms with Gasteiger partial charge in [-0.3, -0.25) is 0 Å². The highest BCUT2D eigenvalue weighted by molar-refractivity contribution is 6.33. The lowest BCUT2D eigenvalue weighted by Crippen LogP contribution is -2.07. The van der Waals surface area contributed by atoms with Crippen LogP contribution in [0.25, 0.3) is 11.1 Å². The molecule has 0 atom stereocenters. The maximum absolute atomic E-state index is 13.1. The van der Waals surface area contributed by atoms with Crippen LogP contribution < -0.4 is 0 Å². The summed E-state index contributed by atoms with van der Waals surface area (Å²) in [6.45, 7) is 1.72. The summed E-state index contributed by atoms with van der Waals surface area (Å²) in [5.74, 6) is 0. The summed E-state index contributed by atoms with van der Waals surface area (Å²) in [5.41, 5.74) is 0.324. The number of hydrogen-bond acceptors (Lipinski definition) is 0. The Balaban J connectivity index is 2.76. The summed E-state index contributed by atoms with van der Waals surface area (Å²) in [6, 6.07) is 8.67. The molecule has 5 heteroatoms. The summed E-state index contributed by atoms with van der Waals surface area (Å²) in [6.07, 6.45) is -4.48. The minimum Gasteiger partial charge on any atom is -0.166 e. The van der Waals surface area contributed by atoms with Gasteiger partial charge in [-0.25, -0.2) is 0 Å². The van der Waals surface area contributed by atoms with E-state index >= 15 is 0 Å². The molecule has 100 valence electrons. The molecule has 0 radical (unpaired) electrons. The zero-order valence-corrected chi connectivity index (χ0v) is 11.4. The van der Waals surface area contributed by atoms with Gasteiger partial charge in [-0.2, -0.15) is 13.2 Å². The van der Waals surface area contributed by atoms with E-state index in [4.69, 9.17) is 23.2 Å². The second-order valence-electron chi connectivity index (χ2n) is 4.12. The van der Waals surface area contributed by atoms with Crippen molar-refractivity contribution in [3.8, 4) is 11.1 Å². The van der Waals surface area contributed by atoms with Gasteiger partial charge in [0.1, 0.15) is 0 Å². The molecule has 0 heterocycles. The third-order valence-corrected chi connectivity index (χ3v) is 3.33. The SMILES string of the molecule is Cc1cccc(Cl)c1-c1ccc(Cl)cc1C(F)(F)F. The molecule has 0 fully saturated rings. The molecule has 0 unspecified atom stereocenters. The first-order chi connectivity index (χ1) is 8.80. The quantitative estimate of drug-likeness (QED) is 0.607. The first-order valence-corrected chi connectivity index (χ1v) is 6.18. The number of aryl methyl sites for hydroxylation is 1. The van der Waals surface area contributed by atoms with Gasteiger partial charge in [0.05, 0.1) is 5.56 Å². The van der Waals surface area contributed by atoms with Gasteiger partial charge in [-0.05, 0) is 36.2 Å². The van der Waals surface area contributed by atoms with Crippen molar-refractivity contribution in [1.82, 2.24) is 0 Å². The molecule has 0 aliphatic heterocycles. The lowest BCUT2D eigenvalue weighted by molar-refractivity contribution is -0.137. The lowest BCUT2D eigenvalue weighted by Gasteiger charge is -2.16. The predicted molar refractivity (Wildman–Crippen MR) is 71.6 cm³/mol. The molecule has 0 saturated heterocycles. The maximum atomic E-state index is 13.1. The van der Waals surface area contributed by atoms with E-state index < -0.39 is 11.7 Å². The van der Waals surface area contributed by atoms with Crippen molar-refractivity contribution >= 4 is 23.2 Å². The standard InChI is InChI=1S/C14H9Cl2F3/c1-8-3-2-4-12(16)13(8)10-6-5-9(15)7-11(10)14(17,18)19/h2-7H,1H3. The minimum absolute atomic E-state index is 0.0417. The van der Waals surface area contributed by atoms with Gasteiger partial charge in [-0.15, -0.1) is 0 Å². The van der Waals surface area contributed by atoms with Crippen LogP contribution in [0.1, 0.15) is 11.1 Å². The van der Waals surface area contributed by atoms with Gasteiger partial charge in [0.2, 0.25) is 0 Å². The second kappa shape index (κ2) is 5.06. The molecule has 0 aliphatic carbocycles. The monoisotopic (exact) mass is 304 g/mol. The Labute approximate surface area is 118 Å². The highest BCUT2D eigenvalue weighted by Crippen LogP contribution is 2.41. The zero-order valence-electron chi connectivity index (χ0n) is 9.85. The van der Waals surface area contributed by atoms with Crippen LogP contribution in [0, 0.1) is 6.92 Å². The summed E-state index contributed by atoms with van der Waals surface area (Å²) < 4.78 is 39.2. The normalized spacial score (nSPS) is 11.7. The van der Waals surface area contributed by atoms with Crippen molar-refractivity contribution < 1.29 is 13.2 Å². The van der Waals surface area contributed by atoms with Crippen LogP contribution in [0.15, 0.2) is 36.4 Å². The molecule has 2 aromatic rings. The van der Waals surface area contributed by atoms with E-state index in [1.165, 1.54) is 12.1 Å². The Morgan fingerprint density at radius 2 is 1.68 bits per heavy atom. The van der Waals surface area contributed by atoms with Gasteiger partial charge < -0.3 is 0 Å². The van der Waals surface area contributed by atoms with Gasteiger partial charge in [0.15, 0.2) is 0 Å². The van der Waals surface area contributed by atoms with Crippen molar-refractivity contribution in [2.24, 2.45) is 0 Å². The molecule has 0 aliphatic rings. The fourth-order valence-corrected chi connectivity index (χ4v) is 2.44.